The van der Waals surface area contributed by atoms with E-state index in [-0.39, 0.29) is 5.82 Å². The molecule has 1 aromatic rings. The Labute approximate surface area is 67.6 Å². The third-order valence-corrected chi connectivity index (χ3v) is 1.10. The van der Waals surface area contributed by atoms with E-state index in [0.29, 0.717) is 0 Å². The van der Waals surface area contributed by atoms with Crippen molar-refractivity contribution >= 4 is 11.9 Å². The number of aromatic amines is 1. The van der Waals surface area contributed by atoms with Gasteiger partial charge in [-0.2, -0.15) is 0 Å². The molecule has 6 heteroatoms. The van der Waals surface area contributed by atoms with Crippen molar-refractivity contribution in [1.82, 2.24) is 9.97 Å². The first kappa shape index (κ1) is 8.25. The number of hydrogen-bond donors (Lipinski definition) is 2. The lowest BCUT2D eigenvalue weighted by Gasteiger charge is -2.00. The molecule has 1 amide bonds. The molecular formula is C6H7N3O3. The maximum absolute atomic E-state index is 10.6. The highest BCUT2D eigenvalue weighted by atomic mass is 16.5. The number of H-pyrrole nitrogens is 1. The Morgan fingerprint density at radius 3 is 3.08 bits per heavy atom. The summed E-state index contributed by atoms with van der Waals surface area (Å²) in [5.74, 6) is 0.252. The third-order valence-electron chi connectivity index (χ3n) is 1.10. The normalized spacial score (nSPS) is 9.08. The van der Waals surface area contributed by atoms with Gasteiger partial charge in [-0.1, -0.05) is 0 Å². The van der Waals surface area contributed by atoms with Crippen molar-refractivity contribution in [3.05, 3.63) is 22.7 Å². The first-order valence-corrected chi connectivity index (χ1v) is 3.12. The van der Waals surface area contributed by atoms with E-state index in [2.05, 4.69) is 20.0 Å². The Morgan fingerprint density at radius 2 is 2.50 bits per heavy atom. The Morgan fingerprint density at radius 1 is 1.75 bits per heavy atom. The average Bonchev–Trinajstić information content (AvgIpc) is 2.04. The molecule has 0 atom stereocenters. The van der Waals surface area contributed by atoms with Crippen LogP contribution in [0.4, 0.5) is 10.6 Å². The molecule has 64 valence electrons. The van der Waals surface area contributed by atoms with E-state index >= 15 is 0 Å². The minimum absolute atomic E-state index is 0.252. The third kappa shape index (κ3) is 2.08. The van der Waals surface area contributed by atoms with Crippen molar-refractivity contribution in [2.45, 2.75) is 0 Å². The molecule has 0 bridgehead atoms. The topological polar surface area (TPSA) is 84.1 Å². The fourth-order valence-electron chi connectivity index (χ4n) is 0.603. The fraction of sp³-hybridized carbons (Fsp3) is 0.167. The molecule has 0 radical (unpaired) electrons. The van der Waals surface area contributed by atoms with E-state index in [1.54, 1.807) is 0 Å². The molecule has 0 aliphatic heterocycles. The van der Waals surface area contributed by atoms with Crippen LogP contribution in [-0.4, -0.2) is 23.2 Å². The van der Waals surface area contributed by atoms with Gasteiger partial charge in [0.05, 0.1) is 7.11 Å². The molecule has 6 nitrogen and oxygen atoms in total. The minimum atomic E-state index is -0.642. The predicted molar refractivity (Wildman–Crippen MR) is 40.9 cm³/mol. The largest absolute Gasteiger partial charge is 0.453 e. The van der Waals surface area contributed by atoms with Crippen molar-refractivity contribution in [3.8, 4) is 0 Å². The summed E-state index contributed by atoms with van der Waals surface area (Å²) in [7, 11) is 1.23. The van der Waals surface area contributed by atoms with Gasteiger partial charge < -0.3 is 4.74 Å². The van der Waals surface area contributed by atoms with Crippen molar-refractivity contribution in [2.24, 2.45) is 0 Å². The number of rotatable bonds is 1. The van der Waals surface area contributed by atoms with Crippen molar-refractivity contribution in [1.29, 1.82) is 0 Å². The SMILES string of the molecule is COC(=O)Nc1ccnc(=O)[nH]1. The summed E-state index contributed by atoms with van der Waals surface area (Å²) in [6, 6.07) is 1.44. The van der Waals surface area contributed by atoms with Crippen LogP contribution in [0.3, 0.4) is 0 Å². The molecule has 0 spiro atoms. The molecule has 0 aromatic carbocycles. The van der Waals surface area contributed by atoms with Gasteiger partial charge in [-0.05, 0) is 6.07 Å². The molecule has 1 heterocycles. The number of carbonyl (C=O) groups excluding carboxylic acids is 1. The van der Waals surface area contributed by atoms with Crippen LogP contribution in [0.1, 0.15) is 0 Å². The summed E-state index contributed by atoms with van der Waals surface area (Å²) in [5.41, 5.74) is -0.524. The number of amides is 1. The highest BCUT2D eigenvalue weighted by molar-refractivity contribution is 5.82. The van der Waals surface area contributed by atoms with E-state index in [0.717, 1.165) is 0 Å². The summed E-state index contributed by atoms with van der Waals surface area (Å²) in [5, 5.41) is 2.28. The highest BCUT2D eigenvalue weighted by Crippen LogP contribution is 1.95. The smallest absolute Gasteiger partial charge is 0.412 e. The molecule has 1 rings (SSSR count). The number of anilines is 1. The molecular weight excluding hydrogens is 162 g/mol. The predicted octanol–water partition coefficient (Wildman–Crippen LogP) is -0.0518. The average molecular weight is 169 g/mol. The second-order valence-electron chi connectivity index (χ2n) is 1.91. The van der Waals surface area contributed by atoms with Gasteiger partial charge in [0.2, 0.25) is 0 Å². The van der Waals surface area contributed by atoms with E-state index < -0.39 is 11.8 Å². The molecule has 0 saturated carbocycles. The zero-order valence-electron chi connectivity index (χ0n) is 6.33. The second kappa shape index (κ2) is 3.51. The van der Waals surface area contributed by atoms with E-state index in [9.17, 15) is 9.59 Å². The zero-order chi connectivity index (χ0) is 8.97. The van der Waals surface area contributed by atoms with Gasteiger partial charge in [0.25, 0.3) is 0 Å². The zero-order valence-corrected chi connectivity index (χ0v) is 6.33. The Bertz CT molecular complexity index is 333. The van der Waals surface area contributed by atoms with Gasteiger partial charge in [0.1, 0.15) is 5.82 Å². The number of aromatic nitrogens is 2. The minimum Gasteiger partial charge on any atom is -0.453 e. The molecule has 0 saturated heterocycles. The Kier molecular flexibility index (Phi) is 2.42. The van der Waals surface area contributed by atoms with Crippen molar-refractivity contribution in [2.75, 3.05) is 12.4 Å². The van der Waals surface area contributed by atoms with Gasteiger partial charge in [0, 0.05) is 6.20 Å². The number of hydrogen-bond acceptors (Lipinski definition) is 4. The lowest BCUT2D eigenvalue weighted by atomic mass is 10.6. The fourth-order valence-corrected chi connectivity index (χ4v) is 0.603. The maximum Gasteiger partial charge on any atom is 0.412 e. The Balaban J connectivity index is 2.76. The monoisotopic (exact) mass is 169 g/mol. The summed E-state index contributed by atoms with van der Waals surface area (Å²) >= 11 is 0. The van der Waals surface area contributed by atoms with E-state index in [1.165, 1.54) is 19.4 Å². The molecule has 0 aliphatic carbocycles. The van der Waals surface area contributed by atoms with Crippen LogP contribution in [0.5, 0.6) is 0 Å². The highest BCUT2D eigenvalue weighted by Gasteiger charge is 1.99. The van der Waals surface area contributed by atoms with Crippen LogP contribution in [-0.2, 0) is 4.74 Å². The van der Waals surface area contributed by atoms with Gasteiger partial charge in [-0.3, -0.25) is 10.3 Å². The van der Waals surface area contributed by atoms with Gasteiger partial charge in [-0.25, -0.2) is 14.6 Å². The molecule has 0 fully saturated rings. The maximum atomic E-state index is 10.6. The van der Waals surface area contributed by atoms with Crippen LogP contribution in [0, 0.1) is 0 Å². The summed E-state index contributed by atoms with van der Waals surface area (Å²) in [6.45, 7) is 0. The second-order valence-corrected chi connectivity index (χ2v) is 1.91. The number of nitrogens with zero attached hydrogens (tertiary/aromatic N) is 1. The van der Waals surface area contributed by atoms with Crippen LogP contribution >= 0.6 is 0 Å². The summed E-state index contributed by atoms with van der Waals surface area (Å²) in [4.78, 5) is 26.9. The lowest BCUT2D eigenvalue weighted by Crippen LogP contribution is -2.17. The lowest BCUT2D eigenvalue weighted by molar-refractivity contribution is 0.187. The van der Waals surface area contributed by atoms with Crippen molar-refractivity contribution < 1.29 is 9.53 Å². The first-order valence-electron chi connectivity index (χ1n) is 3.12. The quantitative estimate of drug-likeness (QED) is 0.617. The first-order chi connectivity index (χ1) is 5.72. The van der Waals surface area contributed by atoms with Gasteiger partial charge >= 0.3 is 11.8 Å². The number of carbonyl (C=O) groups is 1. The van der Waals surface area contributed by atoms with Gasteiger partial charge in [0.15, 0.2) is 0 Å². The number of methoxy groups -OCH3 is 1. The molecule has 2 N–H and O–H groups in total. The van der Waals surface area contributed by atoms with Crippen LogP contribution in [0.2, 0.25) is 0 Å². The summed E-state index contributed by atoms with van der Waals surface area (Å²) < 4.78 is 4.30. The standard InChI is InChI=1S/C6H7N3O3/c1-12-6(11)9-4-2-3-7-5(10)8-4/h2-3H,1H3,(H2,7,8,9,10,11). The van der Waals surface area contributed by atoms with Crippen LogP contribution in [0.15, 0.2) is 17.1 Å². The number of nitrogens with one attached hydrogen (secondary N) is 2. The van der Waals surface area contributed by atoms with Crippen molar-refractivity contribution in [3.63, 3.8) is 0 Å². The van der Waals surface area contributed by atoms with Crippen LogP contribution < -0.4 is 11.0 Å². The van der Waals surface area contributed by atoms with Gasteiger partial charge in [-0.15, -0.1) is 0 Å². The van der Waals surface area contributed by atoms with E-state index in [4.69, 9.17) is 0 Å². The molecule has 0 unspecified atom stereocenters. The Hall–Kier alpha value is -1.85. The summed E-state index contributed by atoms with van der Waals surface area (Å²) in [6.07, 6.45) is 0.640. The molecule has 1 aromatic heterocycles. The van der Waals surface area contributed by atoms with Crippen LogP contribution in [0.25, 0.3) is 0 Å². The van der Waals surface area contributed by atoms with E-state index in [1.807, 2.05) is 0 Å². The number of ether oxygens (including phenoxy) is 1. The molecule has 0 aliphatic rings. The molecule has 12 heavy (non-hydrogen) atoms.